The second-order valence-electron chi connectivity index (χ2n) is 6.40. The van der Waals surface area contributed by atoms with E-state index in [1.807, 2.05) is 30.3 Å². The number of aliphatic imine (C=N–C) groups is 1. The van der Waals surface area contributed by atoms with Crippen molar-refractivity contribution in [1.82, 2.24) is 4.90 Å². The molecule has 0 spiro atoms. The molecule has 1 aliphatic rings. The topological polar surface area (TPSA) is 72.1 Å². The zero-order valence-electron chi connectivity index (χ0n) is 15.2. The predicted molar refractivity (Wildman–Crippen MR) is 104 cm³/mol. The molecule has 1 saturated heterocycles. The minimum atomic E-state index is -0.734. The molecule has 0 aliphatic carbocycles. The third kappa shape index (κ3) is 3.32. The van der Waals surface area contributed by atoms with E-state index in [1.165, 1.54) is 17.4 Å². The van der Waals surface area contributed by atoms with E-state index in [0.717, 1.165) is 11.1 Å². The van der Waals surface area contributed by atoms with E-state index in [9.17, 15) is 9.59 Å². The number of ether oxygens (including phenoxy) is 1. The molecule has 0 radical (unpaired) electrons. The first-order chi connectivity index (χ1) is 13.7. The van der Waals surface area contributed by atoms with Crippen LogP contribution in [0.4, 0.5) is 5.69 Å². The van der Waals surface area contributed by atoms with Gasteiger partial charge in [-0.25, -0.2) is 4.99 Å². The van der Waals surface area contributed by atoms with Gasteiger partial charge in [-0.3, -0.25) is 14.5 Å². The number of hydrogen-bond donors (Lipinski definition) is 0. The summed E-state index contributed by atoms with van der Waals surface area (Å²) in [6, 6.07) is 18.0. The second-order valence-corrected chi connectivity index (χ2v) is 6.40. The Morgan fingerprint density at radius 2 is 1.79 bits per heavy atom. The van der Waals surface area contributed by atoms with Gasteiger partial charge in [-0.05, 0) is 35.9 Å². The van der Waals surface area contributed by atoms with Gasteiger partial charge < -0.3 is 9.15 Å². The van der Waals surface area contributed by atoms with Crippen LogP contribution in [0.25, 0.3) is 0 Å². The Morgan fingerprint density at radius 3 is 2.43 bits per heavy atom. The molecule has 2 amide bonds. The fourth-order valence-corrected chi connectivity index (χ4v) is 3.20. The second kappa shape index (κ2) is 7.52. The molecule has 140 valence electrons. The van der Waals surface area contributed by atoms with Gasteiger partial charge in [0.25, 0.3) is 5.91 Å². The molecule has 28 heavy (non-hydrogen) atoms. The van der Waals surface area contributed by atoms with Crippen LogP contribution < -0.4 is 4.74 Å². The van der Waals surface area contributed by atoms with E-state index in [0.29, 0.717) is 11.4 Å². The quantitative estimate of drug-likeness (QED) is 0.638. The highest BCUT2D eigenvalue weighted by atomic mass is 16.5. The number of furan rings is 1. The molecule has 1 aromatic heterocycles. The molecular weight excluding hydrogens is 356 g/mol. The van der Waals surface area contributed by atoms with Crippen LogP contribution in [0.2, 0.25) is 0 Å². The Kier molecular flexibility index (Phi) is 4.76. The van der Waals surface area contributed by atoms with Crippen LogP contribution >= 0.6 is 0 Å². The molecule has 0 saturated carbocycles. The lowest BCUT2D eigenvalue weighted by Crippen LogP contribution is -2.30. The Balaban J connectivity index is 1.74. The number of imide groups is 1. The van der Waals surface area contributed by atoms with Crippen molar-refractivity contribution in [1.29, 1.82) is 0 Å². The predicted octanol–water partition coefficient (Wildman–Crippen LogP) is 3.71. The number of likely N-dealkylation sites (tertiary alicyclic amines) is 1. The fraction of sp³-hybridized carbons (Fsp3) is 0.136. The summed E-state index contributed by atoms with van der Waals surface area (Å²) < 4.78 is 10.2. The average Bonchev–Trinajstić information content (AvgIpc) is 3.32. The lowest BCUT2D eigenvalue weighted by molar-refractivity contribution is -0.138. The monoisotopic (exact) mass is 374 g/mol. The van der Waals surface area contributed by atoms with Crippen molar-refractivity contribution < 1.29 is 18.7 Å². The van der Waals surface area contributed by atoms with Crippen LogP contribution in [-0.2, 0) is 16.1 Å². The Morgan fingerprint density at radius 1 is 1.04 bits per heavy atom. The number of benzene rings is 2. The maximum Gasteiger partial charge on any atom is 0.276 e. The minimum absolute atomic E-state index is 0.152. The molecule has 1 fully saturated rings. The normalized spacial score (nSPS) is 18.1. The third-order valence-corrected chi connectivity index (χ3v) is 4.63. The SMILES string of the molecule is COc1ccc(N=C2C(=O)N(Cc3ccoc3)C(=O)C2c2ccccc2)cc1. The van der Waals surface area contributed by atoms with Gasteiger partial charge in [0.05, 0.1) is 31.9 Å². The Bertz CT molecular complexity index is 1010. The van der Waals surface area contributed by atoms with E-state index in [1.54, 1.807) is 37.4 Å². The van der Waals surface area contributed by atoms with Crippen LogP contribution in [-0.4, -0.2) is 29.5 Å². The van der Waals surface area contributed by atoms with Gasteiger partial charge in [-0.2, -0.15) is 0 Å². The van der Waals surface area contributed by atoms with Crippen molar-refractivity contribution in [3.05, 3.63) is 84.3 Å². The number of amides is 2. The molecule has 1 atom stereocenters. The zero-order valence-corrected chi connectivity index (χ0v) is 15.2. The summed E-state index contributed by atoms with van der Waals surface area (Å²) in [5.41, 5.74) is 2.29. The molecule has 6 heteroatoms. The first-order valence-corrected chi connectivity index (χ1v) is 8.81. The van der Waals surface area contributed by atoms with Crippen molar-refractivity contribution in [2.24, 2.45) is 4.99 Å². The van der Waals surface area contributed by atoms with Gasteiger partial charge in [-0.15, -0.1) is 0 Å². The van der Waals surface area contributed by atoms with Gasteiger partial charge in [-0.1, -0.05) is 30.3 Å². The van der Waals surface area contributed by atoms with Gasteiger partial charge in [0, 0.05) is 5.56 Å². The van der Waals surface area contributed by atoms with Crippen molar-refractivity contribution in [3.8, 4) is 5.75 Å². The third-order valence-electron chi connectivity index (χ3n) is 4.63. The van der Waals surface area contributed by atoms with Gasteiger partial charge in [0.2, 0.25) is 5.91 Å². The summed E-state index contributed by atoms with van der Waals surface area (Å²) >= 11 is 0. The number of nitrogens with zero attached hydrogens (tertiary/aromatic N) is 2. The van der Waals surface area contributed by atoms with Gasteiger partial charge in [0.15, 0.2) is 0 Å². The fourth-order valence-electron chi connectivity index (χ4n) is 3.20. The van der Waals surface area contributed by atoms with Gasteiger partial charge in [0.1, 0.15) is 17.4 Å². The lowest BCUT2D eigenvalue weighted by Gasteiger charge is -2.12. The molecule has 2 aromatic carbocycles. The summed E-state index contributed by atoms with van der Waals surface area (Å²) in [5, 5.41) is 0. The number of rotatable bonds is 5. The first-order valence-electron chi connectivity index (χ1n) is 8.81. The van der Waals surface area contributed by atoms with Crippen LogP contribution in [0.15, 0.2) is 82.6 Å². The highest BCUT2D eigenvalue weighted by molar-refractivity contribution is 6.52. The maximum absolute atomic E-state index is 13.1. The average molecular weight is 374 g/mol. The molecule has 1 aliphatic heterocycles. The van der Waals surface area contributed by atoms with E-state index < -0.39 is 11.8 Å². The number of carbonyl (C=O) groups excluding carboxylic acids is 2. The van der Waals surface area contributed by atoms with Crippen LogP contribution in [0.3, 0.4) is 0 Å². The largest absolute Gasteiger partial charge is 0.497 e. The van der Waals surface area contributed by atoms with E-state index >= 15 is 0 Å². The van der Waals surface area contributed by atoms with Crippen molar-refractivity contribution in [3.63, 3.8) is 0 Å². The smallest absolute Gasteiger partial charge is 0.276 e. The number of carbonyl (C=O) groups is 2. The van der Waals surface area contributed by atoms with Crippen molar-refractivity contribution in [2.45, 2.75) is 12.5 Å². The molecular formula is C22H18N2O4. The zero-order chi connectivity index (χ0) is 19.5. The van der Waals surface area contributed by atoms with Crippen LogP contribution in [0.1, 0.15) is 17.0 Å². The van der Waals surface area contributed by atoms with E-state index in [-0.39, 0.29) is 18.2 Å². The highest BCUT2D eigenvalue weighted by Crippen LogP contribution is 2.31. The van der Waals surface area contributed by atoms with E-state index in [4.69, 9.17) is 9.15 Å². The highest BCUT2D eigenvalue weighted by Gasteiger charge is 2.45. The summed E-state index contributed by atoms with van der Waals surface area (Å²) in [7, 11) is 1.58. The summed E-state index contributed by atoms with van der Waals surface area (Å²) in [5.74, 6) is -0.720. The first kappa shape index (κ1) is 17.7. The molecule has 2 heterocycles. The molecule has 0 bridgehead atoms. The molecule has 6 nitrogen and oxygen atoms in total. The molecule has 3 aromatic rings. The molecule has 4 rings (SSSR count). The Labute approximate surface area is 162 Å². The standard InChI is InChI=1S/C22H18N2O4/c1-27-18-9-7-17(8-10-18)23-20-19(16-5-3-2-4-6-16)21(25)24(22(20)26)13-15-11-12-28-14-15/h2-12,14,19H,13H2,1H3. The van der Waals surface area contributed by atoms with Crippen molar-refractivity contribution >= 4 is 23.2 Å². The summed E-state index contributed by atoms with van der Waals surface area (Å²) in [4.78, 5) is 31.9. The van der Waals surface area contributed by atoms with Crippen LogP contribution in [0, 0.1) is 0 Å². The minimum Gasteiger partial charge on any atom is -0.497 e. The number of methoxy groups -OCH3 is 1. The summed E-state index contributed by atoms with van der Waals surface area (Å²) in [6.07, 6.45) is 3.04. The van der Waals surface area contributed by atoms with E-state index in [2.05, 4.69) is 4.99 Å². The Hall–Kier alpha value is -3.67. The van der Waals surface area contributed by atoms with Gasteiger partial charge >= 0.3 is 0 Å². The molecule has 0 N–H and O–H groups in total. The maximum atomic E-state index is 13.1. The molecule has 1 unspecified atom stereocenters. The van der Waals surface area contributed by atoms with Crippen LogP contribution in [0.5, 0.6) is 5.75 Å². The van der Waals surface area contributed by atoms with Crippen molar-refractivity contribution in [2.75, 3.05) is 7.11 Å². The lowest BCUT2D eigenvalue weighted by atomic mass is 9.96. The summed E-state index contributed by atoms with van der Waals surface area (Å²) in [6.45, 7) is 0.152. The number of hydrogen-bond acceptors (Lipinski definition) is 5.